The first kappa shape index (κ1) is 22.2. The van der Waals surface area contributed by atoms with E-state index in [-0.39, 0.29) is 17.2 Å². The predicted octanol–water partition coefficient (Wildman–Crippen LogP) is 3.06. The fourth-order valence-corrected chi connectivity index (χ4v) is 5.76. The van der Waals surface area contributed by atoms with Crippen LogP contribution >= 0.6 is 0 Å². The second kappa shape index (κ2) is 7.56. The van der Waals surface area contributed by atoms with Crippen LogP contribution in [0.3, 0.4) is 0 Å². The average Bonchev–Trinajstić information content (AvgIpc) is 3.09. The number of aliphatic hydroxyl groups excluding tert-OH is 1. The Kier molecular flexibility index (Phi) is 5.42. The van der Waals surface area contributed by atoms with Crippen molar-refractivity contribution in [1.82, 2.24) is 15.2 Å². The van der Waals surface area contributed by atoms with Gasteiger partial charge in [-0.3, -0.25) is 4.79 Å². The number of ether oxygens (including phenoxy) is 1. The van der Waals surface area contributed by atoms with Gasteiger partial charge in [0.05, 0.1) is 6.04 Å². The first-order chi connectivity index (χ1) is 14.4. The predicted molar refractivity (Wildman–Crippen MR) is 118 cm³/mol. The van der Waals surface area contributed by atoms with Crippen LogP contribution in [0, 0.1) is 11.3 Å². The molecule has 0 saturated carbocycles. The minimum absolute atomic E-state index is 0.0558. The van der Waals surface area contributed by atoms with Crippen molar-refractivity contribution in [3.05, 3.63) is 17.7 Å². The van der Waals surface area contributed by atoms with Crippen molar-refractivity contribution in [2.24, 2.45) is 11.3 Å². The van der Waals surface area contributed by atoms with E-state index >= 15 is 0 Å². The molecule has 3 heterocycles. The molecule has 170 valence electrons. The van der Waals surface area contributed by atoms with E-state index in [1.54, 1.807) is 17.0 Å². The summed E-state index contributed by atoms with van der Waals surface area (Å²) in [5.74, 6) is 0.654. The normalized spacial score (nSPS) is 28.7. The van der Waals surface area contributed by atoms with Gasteiger partial charge in [-0.1, -0.05) is 20.8 Å². The van der Waals surface area contributed by atoms with Crippen molar-refractivity contribution < 1.29 is 23.7 Å². The molecule has 1 amide bonds. The van der Waals surface area contributed by atoms with Crippen molar-refractivity contribution in [2.45, 2.75) is 78.0 Å². The summed E-state index contributed by atoms with van der Waals surface area (Å²) in [7, 11) is -1.46. The van der Waals surface area contributed by atoms with Gasteiger partial charge in [-0.25, -0.2) is 4.63 Å². The fourth-order valence-electron chi connectivity index (χ4n) is 4.87. The van der Waals surface area contributed by atoms with Gasteiger partial charge in [0.15, 0.2) is 9.04 Å². The quantitative estimate of drug-likeness (QED) is 0.722. The number of amides is 1. The van der Waals surface area contributed by atoms with Crippen molar-refractivity contribution in [1.29, 1.82) is 0 Å². The number of carbonyl (C=O) groups is 1. The third-order valence-corrected chi connectivity index (χ3v) is 7.37. The number of aliphatic hydroxyl groups is 1. The van der Waals surface area contributed by atoms with Gasteiger partial charge in [-0.2, -0.15) is 0 Å². The topological polar surface area (TPSA) is 97.9 Å². The number of fused-ring (bicyclic) bond motifs is 2. The number of likely N-dealkylation sites (tertiary alicyclic amines) is 1. The molecule has 1 aromatic heterocycles. The Labute approximate surface area is 184 Å². The second-order valence-electron chi connectivity index (χ2n) is 10.6. The maximum Gasteiger partial charge on any atom is 0.251 e. The van der Waals surface area contributed by atoms with Crippen LogP contribution in [-0.2, 0) is 9.22 Å². The Hall–Kier alpha value is -1.97. The molecule has 1 saturated heterocycles. The summed E-state index contributed by atoms with van der Waals surface area (Å²) in [5, 5.41) is 19.2. The van der Waals surface area contributed by atoms with E-state index in [1.165, 1.54) is 0 Å². The summed E-state index contributed by atoms with van der Waals surface area (Å²) in [6.07, 6.45) is -0.599. The van der Waals surface area contributed by atoms with Crippen LogP contribution in [0.5, 0.6) is 5.75 Å². The summed E-state index contributed by atoms with van der Waals surface area (Å²) in [6.45, 7) is 14.9. The molecule has 1 aromatic carbocycles. The average molecular weight is 448 g/mol. The molecule has 8 nitrogen and oxygen atoms in total. The van der Waals surface area contributed by atoms with E-state index in [9.17, 15) is 9.90 Å². The molecular weight excluding hydrogens is 414 g/mol. The molecule has 4 unspecified atom stereocenters. The number of benzene rings is 1. The molecule has 1 fully saturated rings. The molecule has 0 radical (unpaired) electrons. The van der Waals surface area contributed by atoms with Gasteiger partial charge in [-0.15, -0.1) is 0 Å². The lowest BCUT2D eigenvalue weighted by Crippen LogP contribution is -2.60. The van der Waals surface area contributed by atoms with Gasteiger partial charge in [0.2, 0.25) is 0 Å². The van der Waals surface area contributed by atoms with Crippen LogP contribution in [0.15, 0.2) is 16.8 Å². The Balaban J connectivity index is 1.78. The first-order valence-electron chi connectivity index (χ1n) is 11.0. The lowest BCUT2D eigenvalue weighted by Gasteiger charge is -2.51. The van der Waals surface area contributed by atoms with E-state index in [2.05, 4.69) is 44.2 Å². The highest BCUT2D eigenvalue weighted by atomic mass is 28.3. The molecule has 0 aliphatic carbocycles. The van der Waals surface area contributed by atoms with Gasteiger partial charge in [0, 0.05) is 18.2 Å². The van der Waals surface area contributed by atoms with E-state index in [1.807, 2.05) is 13.8 Å². The largest absolute Gasteiger partial charge is 0.485 e. The molecule has 1 N–H and O–H groups in total. The van der Waals surface area contributed by atoms with Gasteiger partial charge in [0.25, 0.3) is 5.91 Å². The van der Waals surface area contributed by atoms with Crippen LogP contribution in [0.2, 0.25) is 13.1 Å². The third kappa shape index (κ3) is 3.87. The number of hydrogen-bond donors (Lipinski definition) is 1. The van der Waals surface area contributed by atoms with Gasteiger partial charge < -0.3 is 19.2 Å². The molecule has 4 atom stereocenters. The zero-order valence-electron chi connectivity index (χ0n) is 19.4. The van der Waals surface area contributed by atoms with E-state index < -0.39 is 32.9 Å². The Morgan fingerprint density at radius 2 is 1.87 bits per heavy atom. The van der Waals surface area contributed by atoms with Crippen LogP contribution in [0.4, 0.5) is 0 Å². The highest BCUT2D eigenvalue weighted by Crippen LogP contribution is 2.47. The maximum absolute atomic E-state index is 13.8. The Morgan fingerprint density at radius 3 is 2.48 bits per heavy atom. The van der Waals surface area contributed by atoms with Crippen LogP contribution in [-0.4, -0.2) is 59.6 Å². The van der Waals surface area contributed by atoms with Crippen molar-refractivity contribution >= 4 is 26.0 Å². The van der Waals surface area contributed by atoms with Crippen molar-refractivity contribution in [3.8, 4) is 5.75 Å². The smallest absolute Gasteiger partial charge is 0.251 e. The zero-order valence-corrected chi connectivity index (χ0v) is 20.5. The van der Waals surface area contributed by atoms with E-state index in [0.29, 0.717) is 23.3 Å². The molecule has 9 heteroatoms. The lowest BCUT2D eigenvalue weighted by molar-refractivity contribution is -0.163. The molecule has 31 heavy (non-hydrogen) atoms. The summed E-state index contributed by atoms with van der Waals surface area (Å²) in [5.41, 5.74) is 0.929. The molecule has 2 aliphatic rings. The first-order valence-corrected chi connectivity index (χ1v) is 13.8. The maximum atomic E-state index is 13.8. The summed E-state index contributed by atoms with van der Waals surface area (Å²) >= 11 is 0. The molecule has 0 bridgehead atoms. The third-order valence-electron chi connectivity index (χ3n) is 6.53. The minimum Gasteiger partial charge on any atom is -0.485 e. The summed E-state index contributed by atoms with van der Waals surface area (Å²) in [6, 6.07) is 3.01. The second-order valence-corrected chi connectivity index (χ2v) is 13.0. The molecule has 4 rings (SSSR count). The van der Waals surface area contributed by atoms with Crippen molar-refractivity contribution in [3.63, 3.8) is 0 Å². The van der Waals surface area contributed by atoms with Crippen LogP contribution in [0.25, 0.3) is 11.0 Å². The minimum atomic E-state index is -1.46. The number of aromatic nitrogens is 2. The number of carbonyl (C=O) groups excluding carboxylic acids is 1. The number of nitrogens with zero attached hydrogens (tertiary/aromatic N) is 3. The summed E-state index contributed by atoms with van der Waals surface area (Å²) < 4.78 is 17.3. The number of hydrogen-bond acceptors (Lipinski definition) is 7. The number of piperidine rings is 1. The Morgan fingerprint density at radius 1 is 1.23 bits per heavy atom. The highest BCUT2D eigenvalue weighted by molar-refractivity contribution is 6.48. The fraction of sp³-hybridized carbons (Fsp3) is 0.682. The summed E-state index contributed by atoms with van der Waals surface area (Å²) in [4.78, 5) is 15.6. The number of rotatable bonds is 3. The molecule has 2 aliphatic heterocycles. The molecular formula is C22H33N3O5Si. The standard InChI is InChI=1S/C22H33N3O5Si/c1-21(2,3)13-8-9-25(20(27)18(13)29-31(6)7)17-12-10-14-15(24-30-23-14)11-16(12)28-22(4,5)19(17)26/h10-11,13,17-19,26,31H,8-9H2,1-7H3. The van der Waals surface area contributed by atoms with Gasteiger partial charge >= 0.3 is 0 Å². The SMILES string of the molecule is C[SiH](C)OC1C(=O)N(C2c3cc4nonc4cc3OC(C)(C)C2O)CCC1C(C)(C)C. The lowest BCUT2D eigenvalue weighted by atomic mass is 9.72. The van der Waals surface area contributed by atoms with Crippen molar-refractivity contribution in [2.75, 3.05) is 6.54 Å². The van der Waals surface area contributed by atoms with Gasteiger partial charge in [-0.05, 0) is 61.1 Å². The van der Waals surface area contributed by atoms with Crippen LogP contribution in [0.1, 0.15) is 52.6 Å². The van der Waals surface area contributed by atoms with E-state index in [4.69, 9.17) is 13.8 Å². The zero-order chi connectivity index (χ0) is 22.7. The molecule has 0 spiro atoms. The molecule has 2 aromatic rings. The Bertz CT molecular complexity index is 983. The van der Waals surface area contributed by atoms with Crippen LogP contribution < -0.4 is 4.74 Å². The van der Waals surface area contributed by atoms with Gasteiger partial charge in [0.1, 0.15) is 34.6 Å². The highest BCUT2D eigenvalue weighted by Gasteiger charge is 2.51. The monoisotopic (exact) mass is 447 g/mol. The van der Waals surface area contributed by atoms with E-state index in [0.717, 1.165) is 12.0 Å².